The molecule has 7 nitrogen and oxygen atoms in total. The van der Waals surface area contributed by atoms with Crippen LogP contribution in [0.2, 0.25) is 0 Å². The Morgan fingerprint density at radius 1 is 0.970 bits per heavy atom. The lowest BCUT2D eigenvalue weighted by Gasteiger charge is -2.19. The number of guanidine groups is 1. The number of benzene rings is 2. The van der Waals surface area contributed by atoms with Gasteiger partial charge in [-0.25, -0.2) is 4.99 Å². The highest BCUT2D eigenvalue weighted by atomic mass is 16.2. The predicted octanol–water partition coefficient (Wildman–Crippen LogP) is 2.76. The van der Waals surface area contributed by atoms with Crippen LogP contribution >= 0.6 is 0 Å². The number of hydrogen-bond acceptors (Lipinski definition) is 3. The van der Waals surface area contributed by atoms with Crippen LogP contribution in [-0.4, -0.2) is 35.6 Å². The molecular weight excluding hydrogens is 414 g/mol. The summed E-state index contributed by atoms with van der Waals surface area (Å²) in [6.45, 7) is 4.43. The molecule has 0 saturated carbocycles. The number of carbonyl (C=O) groups excluding carboxylic acids is 1. The Hall–Kier alpha value is -3.87. The summed E-state index contributed by atoms with van der Waals surface area (Å²) in [4.78, 5) is 30.9. The van der Waals surface area contributed by atoms with Crippen LogP contribution in [0.15, 0.2) is 88.8 Å². The Bertz CT molecular complexity index is 1160. The maximum Gasteiger partial charge on any atom is 0.250 e. The van der Waals surface area contributed by atoms with E-state index in [1.807, 2.05) is 72.5 Å². The van der Waals surface area contributed by atoms with E-state index in [1.54, 1.807) is 22.9 Å². The maximum absolute atomic E-state index is 12.5. The molecule has 0 spiro atoms. The molecule has 1 aliphatic heterocycles. The van der Waals surface area contributed by atoms with Crippen LogP contribution in [0.1, 0.15) is 24.5 Å². The topological polar surface area (TPSA) is 78.7 Å². The number of aliphatic imine (C=N–C) groups is 1. The third-order valence-corrected chi connectivity index (χ3v) is 5.57. The molecule has 1 aliphatic rings. The van der Waals surface area contributed by atoms with Gasteiger partial charge < -0.3 is 20.1 Å². The summed E-state index contributed by atoms with van der Waals surface area (Å²) in [5.41, 5.74) is 3.05. The molecule has 1 fully saturated rings. The average molecular weight is 444 g/mol. The highest BCUT2D eigenvalue weighted by Gasteiger charge is 2.31. The Kier molecular flexibility index (Phi) is 7.19. The van der Waals surface area contributed by atoms with Gasteiger partial charge in [-0.05, 0) is 36.2 Å². The Morgan fingerprint density at radius 2 is 1.70 bits per heavy atom. The van der Waals surface area contributed by atoms with Crippen LogP contribution in [0, 0.1) is 0 Å². The quantitative estimate of drug-likeness (QED) is 0.435. The number of hydrogen-bond donors (Lipinski definition) is 2. The fourth-order valence-electron chi connectivity index (χ4n) is 3.88. The zero-order valence-electron chi connectivity index (χ0n) is 18.8. The number of pyridine rings is 1. The van der Waals surface area contributed by atoms with Crippen molar-refractivity contribution in [3.05, 3.63) is 100 Å². The van der Waals surface area contributed by atoms with Gasteiger partial charge in [-0.2, -0.15) is 0 Å². The summed E-state index contributed by atoms with van der Waals surface area (Å²) in [6.07, 6.45) is 2.23. The van der Waals surface area contributed by atoms with E-state index in [2.05, 4.69) is 10.6 Å². The number of amides is 1. The standard InChI is InChI=1S/C26H29N5O2/c1-2-27-26(29-22-16-25(33)31(19-22)23-8-4-3-5-9-23)28-17-20-11-13-21(14-12-20)18-30-15-7-6-10-24(30)32/h3-15,22H,2,16-19H2,1H3,(H2,27,28,29). The molecule has 2 heterocycles. The lowest BCUT2D eigenvalue weighted by molar-refractivity contribution is -0.117. The molecule has 1 saturated heterocycles. The second-order valence-electron chi connectivity index (χ2n) is 8.06. The number of anilines is 1. The van der Waals surface area contributed by atoms with Crippen LogP contribution in [0.25, 0.3) is 0 Å². The van der Waals surface area contributed by atoms with E-state index < -0.39 is 0 Å². The number of nitrogens with zero attached hydrogens (tertiary/aromatic N) is 3. The summed E-state index contributed by atoms with van der Waals surface area (Å²) < 4.78 is 1.68. The monoisotopic (exact) mass is 443 g/mol. The molecule has 1 aromatic heterocycles. The van der Waals surface area contributed by atoms with E-state index in [9.17, 15) is 9.59 Å². The molecule has 1 amide bonds. The third-order valence-electron chi connectivity index (χ3n) is 5.57. The van der Waals surface area contributed by atoms with Crippen LogP contribution < -0.4 is 21.1 Å². The SMILES string of the molecule is CCNC(=NCc1ccc(Cn2ccccc2=O)cc1)NC1CC(=O)N(c2ccccc2)C1. The van der Waals surface area contributed by atoms with Crippen molar-refractivity contribution in [2.45, 2.75) is 32.5 Å². The van der Waals surface area contributed by atoms with E-state index in [-0.39, 0.29) is 17.5 Å². The number of aromatic nitrogens is 1. The van der Waals surface area contributed by atoms with Gasteiger partial charge in [-0.15, -0.1) is 0 Å². The van der Waals surface area contributed by atoms with Crippen molar-refractivity contribution in [1.82, 2.24) is 15.2 Å². The Morgan fingerprint density at radius 3 is 2.42 bits per heavy atom. The minimum Gasteiger partial charge on any atom is -0.357 e. The van der Waals surface area contributed by atoms with Crippen LogP contribution in [0.5, 0.6) is 0 Å². The molecule has 170 valence electrons. The van der Waals surface area contributed by atoms with Gasteiger partial charge in [0.1, 0.15) is 0 Å². The first-order valence-electron chi connectivity index (χ1n) is 11.3. The van der Waals surface area contributed by atoms with Crippen LogP contribution in [0.4, 0.5) is 5.69 Å². The second kappa shape index (κ2) is 10.6. The molecule has 4 rings (SSSR count). The van der Waals surface area contributed by atoms with Crippen molar-refractivity contribution in [2.75, 3.05) is 18.0 Å². The van der Waals surface area contributed by atoms with Gasteiger partial charge in [0.2, 0.25) is 5.91 Å². The van der Waals surface area contributed by atoms with Crippen molar-refractivity contribution in [3.63, 3.8) is 0 Å². The third kappa shape index (κ3) is 5.88. The summed E-state index contributed by atoms with van der Waals surface area (Å²) >= 11 is 0. The average Bonchev–Trinajstić information content (AvgIpc) is 3.20. The normalized spacial score (nSPS) is 16.2. The molecule has 2 aromatic carbocycles. The highest BCUT2D eigenvalue weighted by Crippen LogP contribution is 2.21. The number of carbonyl (C=O) groups is 1. The van der Waals surface area contributed by atoms with Crippen molar-refractivity contribution >= 4 is 17.6 Å². The summed E-state index contributed by atoms with van der Waals surface area (Å²) in [7, 11) is 0. The van der Waals surface area contributed by atoms with Gasteiger partial charge >= 0.3 is 0 Å². The van der Waals surface area contributed by atoms with Crippen molar-refractivity contribution in [3.8, 4) is 0 Å². The van der Waals surface area contributed by atoms with Gasteiger partial charge in [-0.3, -0.25) is 9.59 Å². The summed E-state index contributed by atoms with van der Waals surface area (Å²) in [6, 6.07) is 23.0. The molecule has 0 aliphatic carbocycles. The molecule has 1 atom stereocenters. The van der Waals surface area contributed by atoms with Gasteiger partial charge in [0, 0.05) is 37.5 Å². The minimum atomic E-state index is -0.0104. The van der Waals surface area contributed by atoms with Gasteiger partial charge in [0.15, 0.2) is 5.96 Å². The first kappa shape index (κ1) is 22.3. The highest BCUT2D eigenvalue weighted by molar-refractivity contribution is 5.97. The number of nitrogens with one attached hydrogen (secondary N) is 2. The Balaban J connectivity index is 1.37. The van der Waals surface area contributed by atoms with Crippen LogP contribution in [0.3, 0.4) is 0 Å². The van der Waals surface area contributed by atoms with Gasteiger partial charge in [0.05, 0.1) is 19.1 Å². The number of rotatable bonds is 7. The first-order valence-corrected chi connectivity index (χ1v) is 11.3. The minimum absolute atomic E-state index is 0.00191. The van der Waals surface area contributed by atoms with E-state index in [4.69, 9.17) is 4.99 Å². The predicted molar refractivity (Wildman–Crippen MR) is 131 cm³/mol. The fraction of sp³-hybridized carbons (Fsp3) is 0.269. The van der Waals surface area contributed by atoms with E-state index in [0.29, 0.717) is 32.0 Å². The number of para-hydroxylation sites is 1. The van der Waals surface area contributed by atoms with Crippen LogP contribution in [-0.2, 0) is 17.9 Å². The van der Waals surface area contributed by atoms with E-state index in [0.717, 1.165) is 23.4 Å². The lowest BCUT2D eigenvalue weighted by atomic mass is 10.1. The molecule has 3 aromatic rings. The Labute approximate surface area is 193 Å². The smallest absolute Gasteiger partial charge is 0.250 e. The molecule has 2 N–H and O–H groups in total. The lowest BCUT2D eigenvalue weighted by Crippen LogP contribution is -2.44. The fourth-order valence-corrected chi connectivity index (χ4v) is 3.88. The van der Waals surface area contributed by atoms with E-state index >= 15 is 0 Å². The van der Waals surface area contributed by atoms with Crippen molar-refractivity contribution in [2.24, 2.45) is 4.99 Å². The molecule has 0 radical (unpaired) electrons. The van der Waals surface area contributed by atoms with Gasteiger partial charge in [0.25, 0.3) is 5.56 Å². The maximum atomic E-state index is 12.5. The van der Waals surface area contributed by atoms with E-state index in [1.165, 1.54) is 0 Å². The van der Waals surface area contributed by atoms with Crippen molar-refractivity contribution < 1.29 is 4.79 Å². The molecular formula is C26H29N5O2. The largest absolute Gasteiger partial charge is 0.357 e. The molecule has 0 bridgehead atoms. The molecule has 1 unspecified atom stereocenters. The summed E-state index contributed by atoms with van der Waals surface area (Å²) in [5, 5.41) is 6.68. The second-order valence-corrected chi connectivity index (χ2v) is 8.06. The molecule has 7 heteroatoms. The summed E-state index contributed by atoms with van der Waals surface area (Å²) in [5.74, 6) is 0.813. The zero-order valence-corrected chi connectivity index (χ0v) is 18.8. The molecule has 33 heavy (non-hydrogen) atoms. The zero-order chi connectivity index (χ0) is 23.0. The van der Waals surface area contributed by atoms with Gasteiger partial charge in [-0.1, -0.05) is 48.5 Å². The van der Waals surface area contributed by atoms with Crippen molar-refractivity contribution in [1.29, 1.82) is 0 Å². The first-order chi connectivity index (χ1) is 16.1.